The minimum Gasteiger partial charge on any atom is -0.454 e. The molecule has 56 heavy (non-hydrogen) atoms. The van der Waals surface area contributed by atoms with Crippen LogP contribution in [-0.4, -0.2) is 19.5 Å². The van der Waals surface area contributed by atoms with E-state index in [1.807, 2.05) is 48.5 Å². The lowest BCUT2D eigenvalue weighted by Gasteiger charge is -2.12. The minimum atomic E-state index is 0.581. The van der Waals surface area contributed by atoms with Crippen molar-refractivity contribution in [2.24, 2.45) is 0 Å². The monoisotopic (exact) mass is 716 g/mol. The van der Waals surface area contributed by atoms with Gasteiger partial charge in [-0.25, -0.2) is 15.0 Å². The molecule has 0 bridgehead atoms. The summed E-state index contributed by atoms with van der Waals surface area (Å²) >= 11 is 0. The van der Waals surface area contributed by atoms with Crippen molar-refractivity contribution >= 4 is 43.7 Å². The van der Waals surface area contributed by atoms with Crippen LogP contribution in [0, 0.1) is 0 Å². The van der Waals surface area contributed by atoms with Crippen molar-refractivity contribution in [3.63, 3.8) is 0 Å². The van der Waals surface area contributed by atoms with Crippen LogP contribution in [0.25, 0.3) is 106 Å². The Morgan fingerprint density at radius 1 is 0.357 bits per heavy atom. The van der Waals surface area contributed by atoms with Gasteiger partial charge in [-0.1, -0.05) is 164 Å². The molecular weight excluding hydrogens is 685 g/mol. The van der Waals surface area contributed by atoms with Crippen molar-refractivity contribution in [1.29, 1.82) is 0 Å². The van der Waals surface area contributed by atoms with Crippen LogP contribution < -0.4 is 0 Å². The maximum Gasteiger partial charge on any atom is 0.164 e. The molecule has 8 aromatic carbocycles. The summed E-state index contributed by atoms with van der Waals surface area (Å²) in [5.74, 6) is 1.80. The first-order valence-electron chi connectivity index (χ1n) is 18.8. The summed E-state index contributed by atoms with van der Waals surface area (Å²) in [6.45, 7) is 0. The Morgan fingerprint density at radius 3 is 1.46 bits per heavy atom. The van der Waals surface area contributed by atoms with Gasteiger partial charge in [0.05, 0.1) is 16.7 Å². The molecule has 0 saturated heterocycles. The highest BCUT2D eigenvalue weighted by molar-refractivity contribution is 6.16. The first-order valence-corrected chi connectivity index (χ1v) is 18.8. The van der Waals surface area contributed by atoms with Crippen molar-refractivity contribution in [3.05, 3.63) is 194 Å². The Morgan fingerprint density at radius 2 is 0.839 bits per heavy atom. The molecule has 0 atom stereocenters. The second kappa shape index (κ2) is 13.0. The fraction of sp³-hybridized carbons (Fsp3) is 0. The predicted molar refractivity (Wildman–Crippen MR) is 229 cm³/mol. The molecule has 0 radical (unpaired) electrons. The zero-order chi connectivity index (χ0) is 37.0. The molecule has 262 valence electrons. The van der Waals surface area contributed by atoms with E-state index in [1.165, 1.54) is 10.8 Å². The second-order valence-corrected chi connectivity index (χ2v) is 14.0. The number of fused-ring (bicyclic) bond motifs is 6. The molecular formula is C51H32N4O. The van der Waals surface area contributed by atoms with E-state index in [-0.39, 0.29) is 0 Å². The molecule has 0 unspecified atom stereocenters. The van der Waals surface area contributed by atoms with Gasteiger partial charge in [-0.3, -0.25) is 0 Å². The Balaban J connectivity index is 1.18. The van der Waals surface area contributed by atoms with E-state index in [0.29, 0.717) is 17.5 Å². The molecule has 0 spiro atoms. The van der Waals surface area contributed by atoms with E-state index in [0.717, 1.165) is 77.6 Å². The zero-order valence-corrected chi connectivity index (χ0v) is 30.2. The molecule has 5 heteroatoms. The van der Waals surface area contributed by atoms with Gasteiger partial charge >= 0.3 is 0 Å². The van der Waals surface area contributed by atoms with E-state index in [1.54, 1.807) is 0 Å². The summed E-state index contributed by atoms with van der Waals surface area (Å²) in [5.41, 5.74) is 12.0. The third kappa shape index (κ3) is 5.29. The van der Waals surface area contributed by atoms with E-state index in [4.69, 9.17) is 19.4 Å². The average molecular weight is 717 g/mol. The summed E-state index contributed by atoms with van der Waals surface area (Å²) in [6, 6.07) is 67.3. The number of para-hydroxylation sites is 2. The van der Waals surface area contributed by atoms with E-state index < -0.39 is 0 Å². The molecule has 3 aromatic heterocycles. The lowest BCUT2D eigenvalue weighted by atomic mass is 9.99. The van der Waals surface area contributed by atoms with Crippen molar-refractivity contribution in [1.82, 2.24) is 19.5 Å². The lowest BCUT2D eigenvalue weighted by Crippen LogP contribution is -2.00. The molecule has 0 saturated carbocycles. The van der Waals surface area contributed by atoms with Gasteiger partial charge in [-0.2, -0.15) is 0 Å². The van der Waals surface area contributed by atoms with Crippen LogP contribution in [0.15, 0.2) is 199 Å². The summed E-state index contributed by atoms with van der Waals surface area (Å²) in [4.78, 5) is 15.4. The Bertz CT molecular complexity index is 3170. The summed E-state index contributed by atoms with van der Waals surface area (Å²) in [5, 5.41) is 4.34. The Kier molecular flexibility index (Phi) is 7.42. The molecule has 0 N–H and O–H groups in total. The first kappa shape index (κ1) is 31.9. The highest BCUT2D eigenvalue weighted by atomic mass is 16.3. The van der Waals surface area contributed by atoms with Gasteiger partial charge in [0.25, 0.3) is 0 Å². The van der Waals surface area contributed by atoms with Gasteiger partial charge in [0.15, 0.2) is 23.1 Å². The maximum absolute atomic E-state index is 6.95. The van der Waals surface area contributed by atoms with Crippen LogP contribution >= 0.6 is 0 Å². The quantitative estimate of drug-likeness (QED) is 0.172. The second-order valence-electron chi connectivity index (χ2n) is 14.0. The van der Waals surface area contributed by atoms with Crippen molar-refractivity contribution in [2.45, 2.75) is 0 Å². The Labute approximate surface area is 322 Å². The zero-order valence-electron chi connectivity index (χ0n) is 30.2. The van der Waals surface area contributed by atoms with Crippen LogP contribution in [0.3, 0.4) is 0 Å². The van der Waals surface area contributed by atoms with Crippen LogP contribution in [0.2, 0.25) is 0 Å². The van der Waals surface area contributed by atoms with Crippen molar-refractivity contribution < 1.29 is 4.42 Å². The van der Waals surface area contributed by atoms with Crippen LogP contribution in [0.1, 0.15) is 0 Å². The molecule has 0 fully saturated rings. The number of furan rings is 1. The summed E-state index contributed by atoms with van der Waals surface area (Å²) in [6.07, 6.45) is 0. The predicted octanol–water partition coefficient (Wildman–Crippen LogP) is 13.2. The molecule has 0 aliphatic carbocycles. The van der Waals surface area contributed by atoms with Crippen molar-refractivity contribution in [2.75, 3.05) is 0 Å². The summed E-state index contributed by atoms with van der Waals surface area (Å²) < 4.78 is 9.29. The number of rotatable bonds is 6. The molecule has 0 amide bonds. The van der Waals surface area contributed by atoms with Crippen molar-refractivity contribution in [3.8, 4) is 62.1 Å². The minimum absolute atomic E-state index is 0.581. The molecule has 0 aliphatic heterocycles. The molecule has 3 heterocycles. The van der Waals surface area contributed by atoms with Gasteiger partial charge in [0.1, 0.15) is 5.58 Å². The summed E-state index contributed by atoms with van der Waals surface area (Å²) in [7, 11) is 0. The van der Waals surface area contributed by atoms with Crippen LogP contribution in [0.4, 0.5) is 0 Å². The Hall–Kier alpha value is -7.63. The van der Waals surface area contributed by atoms with E-state index in [2.05, 4.69) is 150 Å². The third-order valence-electron chi connectivity index (χ3n) is 10.7. The van der Waals surface area contributed by atoms with E-state index >= 15 is 0 Å². The largest absolute Gasteiger partial charge is 0.454 e. The van der Waals surface area contributed by atoms with Crippen LogP contribution in [-0.2, 0) is 0 Å². The number of hydrogen-bond acceptors (Lipinski definition) is 4. The van der Waals surface area contributed by atoms with Gasteiger partial charge in [0.2, 0.25) is 0 Å². The standard InChI is InChI=1S/C51H32N4O/c1-4-15-33(16-5-1)35-27-29-37(30-28-35)50-52-49(36-19-8-3-9-20-36)53-51(54-50)41-23-14-26-46-47(41)42-31-38(34-17-6-2-7-18-34)32-45(48(42)56-46)55-43-24-12-10-21-39(43)40-22-11-13-25-44(40)55/h1-32H. The topological polar surface area (TPSA) is 56.7 Å². The normalized spacial score (nSPS) is 11.6. The first-order chi connectivity index (χ1) is 27.8. The SMILES string of the molecule is c1ccc(-c2ccc(-c3nc(-c4ccccc4)nc(-c4cccc5oc6c(-n7c8ccccc8c8ccccc87)cc(-c7ccccc7)cc6c45)n3)cc2)cc1. The van der Waals surface area contributed by atoms with E-state index in [9.17, 15) is 0 Å². The van der Waals surface area contributed by atoms with Gasteiger partial charge in [-0.15, -0.1) is 0 Å². The number of benzene rings is 8. The molecule has 5 nitrogen and oxygen atoms in total. The average Bonchev–Trinajstić information content (AvgIpc) is 3.83. The van der Waals surface area contributed by atoms with Gasteiger partial charge in [0, 0.05) is 38.2 Å². The number of hydrogen-bond donors (Lipinski definition) is 0. The fourth-order valence-corrected chi connectivity index (χ4v) is 8.03. The fourth-order valence-electron chi connectivity index (χ4n) is 8.03. The van der Waals surface area contributed by atoms with Crippen LogP contribution in [0.5, 0.6) is 0 Å². The molecule has 0 aliphatic rings. The van der Waals surface area contributed by atoms with Gasteiger partial charge < -0.3 is 8.98 Å². The van der Waals surface area contributed by atoms with Gasteiger partial charge in [-0.05, 0) is 52.6 Å². The molecule has 11 rings (SSSR count). The number of nitrogens with zero attached hydrogens (tertiary/aromatic N) is 4. The highest BCUT2D eigenvalue weighted by Crippen LogP contribution is 2.43. The molecule has 11 aromatic rings. The smallest absolute Gasteiger partial charge is 0.164 e. The maximum atomic E-state index is 6.95. The highest BCUT2D eigenvalue weighted by Gasteiger charge is 2.23. The lowest BCUT2D eigenvalue weighted by molar-refractivity contribution is 0.666. The number of aromatic nitrogens is 4. The third-order valence-corrected chi connectivity index (χ3v) is 10.7.